The summed E-state index contributed by atoms with van der Waals surface area (Å²) < 4.78 is 10.6. The Morgan fingerprint density at radius 2 is 2.09 bits per heavy atom. The zero-order chi connectivity index (χ0) is 15.4. The quantitative estimate of drug-likeness (QED) is 0.913. The highest BCUT2D eigenvalue weighted by Crippen LogP contribution is 2.20. The number of likely N-dealkylation sites (tertiary alicyclic amines) is 1. The van der Waals surface area contributed by atoms with Gasteiger partial charge in [0.1, 0.15) is 0 Å². The van der Waals surface area contributed by atoms with E-state index in [1.54, 1.807) is 17.0 Å². The number of nitrogens with zero attached hydrogens (tertiary/aromatic N) is 1. The van der Waals surface area contributed by atoms with Crippen LogP contribution in [0.5, 0.6) is 0 Å². The van der Waals surface area contributed by atoms with Crippen molar-refractivity contribution in [3.05, 3.63) is 24.2 Å². The molecule has 0 radical (unpaired) electrons. The van der Waals surface area contributed by atoms with Crippen molar-refractivity contribution >= 4 is 11.8 Å². The van der Waals surface area contributed by atoms with Crippen LogP contribution in [0.15, 0.2) is 22.8 Å². The molecular weight excluding hydrogens is 284 g/mol. The molecular formula is C16H22N2O4. The molecule has 22 heavy (non-hydrogen) atoms. The average Bonchev–Trinajstić information content (AvgIpc) is 3.25. The molecule has 0 aromatic carbocycles. The summed E-state index contributed by atoms with van der Waals surface area (Å²) in [6, 6.07) is 3.38. The highest BCUT2D eigenvalue weighted by molar-refractivity contribution is 5.91. The molecule has 1 N–H and O–H groups in total. The van der Waals surface area contributed by atoms with Crippen LogP contribution in [-0.4, -0.2) is 49.1 Å². The van der Waals surface area contributed by atoms with Crippen molar-refractivity contribution in [2.24, 2.45) is 5.92 Å². The van der Waals surface area contributed by atoms with Crippen molar-refractivity contribution in [3.8, 4) is 0 Å². The van der Waals surface area contributed by atoms with Crippen LogP contribution in [0.4, 0.5) is 0 Å². The maximum absolute atomic E-state index is 12.2. The summed E-state index contributed by atoms with van der Waals surface area (Å²) in [5, 5.41) is 2.98. The van der Waals surface area contributed by atoms with Crippen molar-refractivity contribution < 1.29 is 18.7 Å². The fourth-order valence-electron chi connectivity index (χ4n) is 3.06. The molecule has 2 fully saturated rings. The molecule has 1 atom stereocenters. The number of hydrogen-bond acceptors (Lipinski definition) is 4. The van der Waals surface area contributed by atoms with Gasteiger partial charge in [0.15, 0.2) is 5.76 Å². The van der Waals surface area contributed by atoms with Gasteiger partial charge in [0.2, 0.25) is 5.91 Å². The van der Waals surface area contributed by atoms with Gasteiger partial charge in [0, 0.05) is 32.2 Å². The minimum absolute atomic E-state index is 0.0120. The molecule has 1 aromatic rings. The predicted molar refractivity (Wildman–Crippen MR) is 79.3 cm³/mol. The number of ether oxygens (including phenoxy) is 1. The Hall–Kier alpha value is -1.82. The SMILES string of the molecule is O=C(NC[C@H]1CCCO1)C1CCN(C(=O)c2ccco2)CC1. The molecule has 0 bridgehead atoms. The molecule has 1 aromatic heterocycles. The Morgan fingerprint density at radius 1 is 1.27 bits per heavy atom. The number of carbonyl (C=O) groups excluding carboxylic acids is 2. The smallest absolute Gasteiger partial charge is 0.289 e. The predicted octanol–water partition coefficient (Wildman–Crippen LogP) is 1.43. The first-order valence-corrected chi connectivity index (χ1v) is 7.96. The van der Waals surface area contributed by atoms with E-state index in [1.807, 2.05) is 0 Å². The summed E-state index contributed by atoms with van der Waals surface area (Å²) in [6.45, 7) is 2.59. The van der Waals surface area contributed by atoms with Gasteiger partial charge in [-0.15, -0.1) is 0 Å². The standard InChI is InChI=1S/C16H22N2O4/c19-15(17-11-13-3-1-9-21-13)12-5-7-18(8-6-12)16(20)14-4-2-10-22-14/h2,4,10,12-13H,1,3,5-9,11H2,(H,17,19)/t13-/m1/s1. The Bertz CT molecular complexity index is 500. The summed E-state index contributed by atoms with van der Waals surface area (Å²) in [7, 11) is 0. The molecule has 6 heteroatoms. The van der Waals surface area contributed by atoms with Crippen LogP contribution in [0, 0.1) is 5.92 Å². The van der Waals surface area contributed by atoms with E-state index in [9.17, 15) is 9.59 Å². The van der Waals surface area contributed by atoms with E-state index in [2.05, 4.69) is 5.32 Å². The molecule has 2 amide bonds. The number of amides is 2. The van der Waals surface area contributed by atoms with Crippen LogP contribution in [0.25, 0.3) is 0 Å². The number of piperidine rings is 1. The largest absolute Gasteiger partial charge is 0.459 e. The van der Waals surface area contributed by atoms with Crippen LogP contribution < -0.4 is 5.32 Å². The van der Waals surface area contributed by atoms with Gasteiger partial charge >= 0.3 is 0 Å². The van der Waals surface area contributed by atoms with Crippen LogP contribution in [0.3, 0.4) is 0 Å². The molecule has 0 unspecified atom stereocenters. The third kappa shape index (κ3) is 3.50. The summed E-state index contributed by atoms with van der Waals surface area (Å²) >= 11 is 0. The molecule has 0 spiro atoms. The normalized spacial score (nSPS) is 22.7. The van der Waals surface area contributed by atoms with Gasteiger partial charge in [-0.25, -0.2) is 0 Å². The number of nitrogens with one attached hydrogen (secondary N) is 1. The van der Waals surface area contributed by atoms with Gasteiger partial charge in [-0.1, -0.05) is 0 Å². The van der Waals surface area contributed by atoms with Gasteiger partial charge < -0.3 is 19.4 Å². The monoisotopic (exact) mass is 306 g/mol. The summed E-state index contributed by atoms with van der Waals surface area (Å²) in [5.74, 6) is 0.340. The van der Waals surface area contributed by atoms with Crippen LogP contribution in [0.2, 0.25) is 0 Å². The number of carbonyl (C=O) groups is 2. The summed E-state index contributed by atoms with van der Waals surface area (Å²) in [6.07, 6.45) is 5.17. The van der Waals surface area contributed by atoms with Crippen LogP contribution in [-0.2, 0) is 9.53 Å². The Balaban J connectivity index is 1.42. The molecule has 6 nitrogen and oxygen atoms in total. The Morgan fingerprint density at radius 3 is 2.73 bits per heavy atom. The first-order valence-electron chi connectivity index (χ1n) is 7.96. The van der Waals surface area contributed by atoms with Gasteiger partial charge in [-0.05, 0) is 37.8 Å². The molecule has 2 aliphatic rings. The van der Waals surface area contributed by atoms with Crippen molar-refractivity contribution in [2.75, 3.05) is 26.2 Å². The number of furan rings is 1. The molecule has 2 saturated heterocycles. The van der Waals surface area contributed by atoms with Crippen LogP contribution >= 0.6 is 0 Å². The summed E-state index contributed by atoms with van der Waals surface area (Å²) in [5.41, 5.74) is 0. The minimum Gasteiger partial charge on any atom is -0.459 e. The topological polar surface area (TPSA) is 71.8 Å². The van der Waals surface area contributed by atoms with E-state index in [-0.39, 0.29) is 23.8 Å². The first-order chi connectivity index (χ1) is 10.7. The second-order valence-electron chi connectivity index (χ2n) is 5.92. The highest BCUT2D eigenvalue weighted by Gasteiger charge is 2.29. The third-order valence-electron chi connectivity index (χ3n) is 4.41. The van der Waals surface area contributed by atoms with E-state index in [0.717, 1.165) is 19.4 Å². The average molecular weight is 306 g/mol. The maximum atomic E-state index is 12.2. The fraction of sp³-hybridized carbons (Fsp3) is 0.625. The third-order valence-corrected chi connectivity index (χ3v) is 4.41. The lowest BCUT2D eigenvalue weighted by atomic mass is 9.95. The van der Waals surface area contributed by atoms with Crippen molar-refractivity contribution in [3.63, 3.8) is 0 Å². The summed E-state index contributed by atoms with van der Waals surface area (Å²) in [4.78, 5) is 26.1. The lowest BCUT2D eigenvalue weighted by Gasteiger charge is -2.31. The lowest BCUT2D eigenvalue weighted by molar-refractivity contribution is -0.126. The molecule has 0 saturated carbocycles. The Labute approximate surface area is 129 Å². The lowest BCUT2D eigenvalue weighted by Crippen LogP contribution is -2.44. The van der Waals surface area contributed by atoms with Crippen molar-refractivity contribution in [1.29, 1.82) is 0 Å². The molecule has 2 aliphatic heterocycles. The van der Waals surface area contributed by atoms with Gasteiger partial charge in [-0.2, -0.15) is 0 Å². The number of hydrogen-bond donors (Lipinski definition) is 1. The zero-order valence-corrected chi connectivity index (χ0v) is 12.6. The zero-order valence-electron chi connectivity index (χ0n) is 12.6. The first kappa shape index (κ1) is 15.1. The van der Waals surface area contributed by atoms with Crippen LogP contribution in [0.1, 0.15) is 36.2 Å². The minimum atomic E-state index is -0.0942. The highest BCUT2D eigenvalue weighted by atomic mass is 16.5. The van der Waals surface area contributed by atoms with E-state index >= 15 is 0 Å². The number of rotatable bonds is 4. The molecule has 3 rings (SSSR count). The van der Waals surface area contributed by atoms with Crippen molar-refractivity contribution in [2.45, 2.75) is 31.8 Å². The molecule has 120 valence electrons. The van der Waals surface area contributed by atoms with E-state index in [0.29, 0.717) is 38.2 Å². The van der Waals surface area contributed by atoms with Gasteiger partial charge in [0.05, 0.1) is 12.4 Å². The molecule has 0 aliphatic carbocycles. The van der Waals surface area contributed by atoms with E-state index < -0.39 is 0 Å². The Kier molecular flexibility index (Phi) is 4.77. The second kappa shape index (κ2) is 6.96. The van der Waals surface area contributed by atoms with E-state index in [1.165, 1.54) is 6.26 Å². The van der Waals surface area contributed by atoms with E-state index in [4.69, 9.17) is 9.15 Å². The van der Waals surface area contributed by atoms with Gasteiger partial charge in [0.25, 0.3) is 5.91 Å². The van der Waals surface area contributed by atoms with Gasteiger partial charge in [-0.3, -0.25) is 9.59 Å². The molecule has 3 heterocycles. The second-order valence-corrected chi connectivity index (χ2v) is 5.92. The van der Waals surface area contributed by atoms with Crippen molar-refractivity contribution in [1.82, 2.24) is 10.2 Å². The maximum Gasteiger partial charge on any atom is 0.289 e. The fourth-order valence-corrected chi connectivity index (χ4v) is 3.06.